The zero-order valence-electron chi connectivity index (χ0n) is 14.7. The fraction of sp³-hybridized carbons (Fsp3) is 0.588. The molecule has 24 heavy (non-hydrogen) atoms. The third kappa shape index (κ3) is 4.55. The van der Waals surface area contributed by atoms with Crippen molar-refractivity contribution in [1.29, 1.82) is 0 Å². The molecular formula is C17H27N3O3S. The molecule has 1 N–H and O–H groups in total. The minimum atomic E-state index is -3.49. The standard InChI is InChI=1S/C17H27N3O3S/c1-4-19-9-11-20(12-10-19)24(22,23)16-7-5-15(6-8-16)17(21)18-13-14(2)3/h5-8,14H,4,9-13H2,1-3H3,(H,18,21). The van der Waals surface area contributed by atoms with Crippen LogP contribution in [0.15, 0.2) is 29.2 Å². The van der Waals surface area contributed by atoms with Crippen molar-refractivity contribution in [3.8, 4) is 0 Å². The maximum atomic E-state index is 12.7. The highest BCUT2D eigenvalue weighted by molar-refractivity contribution is 7.89. The normalized spacial score (nSPS) is 17.2. The third-order valence-electron chi connectivity index (χ3n) is 4.20. The van der Waals surface area contributed by atoms with Crippen molar-refractivity contribution >= 4 is 15.9 Å². The predicted molar refractivity (Wildman–Crippen MR) is 94.5 cm³/mol. The molecule has 1 fully saturated rings. The number of carbonyl (C=O) groups excluding carboxylic acids is 1. The molecule has 0 aromatic heterocycles. The number of nitrogens with zero attached hydrogens (tertiary/aromatic N) is 2. The average Bonchev–Trinajstić information content (AvgIpc) is 2.59. The molecule has 0 aliphatic carbocycles. The van der Waals surface area contributed by atoms with E-state index in [4.69, 9.17) is 0 Å². The lowest BCUT2D eigenvalue weighted by molar-refractivity contribution is 0.0949. The first-order valence-corrected chi connectivity index (χ1v) is 9.89. The Hall–Kier alpha value is -1.44. The van der Waals surface area contributed by atoms with Gasteiger partial charge in [-0.05, 0) is 36.7 Å². The van der Waals surface area contributed by atoms with E-state index in [2.05, 4.69) is 17.1 Å². The Balaban J connectivity index is 2.05. The molecule has 134 valence electrons. The number of hydrogen-bond acceptors (Lipinski definition) is 4. The van der Waals surface area contributed by atoms with Gasteiger partial charge in [0.2, 0.25) is 10.0 Å². The zero-order chi connectivity index (χ0) is 17.7. The summed E-state index contributed by atoms with van der Waals surface area (Å²) in [5, 5.41) is 2.83. The zero-order valence-corrected chi connectivity index (χ0v) is 15.5. The van der Waals surface area contributed by atoms with E-state index in [-0.39, 0.29) is 10.8 Å². The van der Waals surface area contributed by atoms with Crippen LogP contribution in [0.2, 0.25) is 0 Å². The molecule has 0 unspecified atom stereocenters. The van der Waals surface area contributed by atoms with Crippen LogP contribution >= 0.6 is 0 Å². The van der Waals surface area contributed by atoms with Gasteiger partial charge in [-0.3, -0.25) is 4.79 Å². The number of likely N-dealkylation sites (N-methyl/N-ethyl adjacent to an activating group) is 1. The summed E-state index contributed by atoms with van der Waals surface area (Å²) in [6.45, 7) is 10.2. The number of rotatable bonds is 6. The van der Waals surface area contributed by atoms with Crippen LogP contribution in [0.1, 0.15) is 31.1 Å². The van der Waals surface area contributed by atoms with Gasteiger partial charge < -0.3 is 10.2 Å². The molecule has 0 saturated carbocycles. The Morgan fingerprint density at radius 1 is 1.12 bits per heavy atom. The molecule has 7 heteroatoms. The second-order valence-corrected chi connectivity index (χ2v) is 8.40. The quantitative estimate of drug-likeness (QED) is 0.839. The van der Waals surface area contributed by atoms with E-state index in [1.165, 1.54) is 16.4 Å². The van der Waals surface area contributed by atoms with Gasteiger partial charge in [0.05, 0.1) is 4.90 Å². The summed E-state index contributed by atoms with van der Waals surface area (Å²) in [6, 6.07) is 6.19. The highest BCUT2D eigenvalue weighted by atomic mass is 32.2. The highest BCUT2D eigenvalue weighted by Gasteiger charge is 2.28. The van der Waals surface area contributed by atoms with Crippen LogP contribution < -0.4 is 5.32 Å². The Morgan fingerprint density at radius 3 is 2.21 bits per heavy atom. The Bertz CT molecular complexity index is 648. The number of nitrogens with one attached hydrogen (secondary N) is 1. The van der Waals surface area contributed by atoms with E-state index in [0.29, 0.717) is 31.1 Å². The van der Waals surface area contributed by atoms with Gasteiger partial charge in [-0.25, -0.2) is 8.42 Å². The summed E-state index contributed by atoms with van der Waals surface area (Å²) in [5.41, 5.74) is 0.477. The Kier molecular flexibility index (Phi) is 6.37. The number of sulfonamides is 1. The summed E-state index contributed by atoms with van der Waals surface area (Å²) in [6.07, 6.45) is 0. The molecule has 1 aromatic rings. The predicted octanol–water partition coefficient (Wildman–Crippen LogP) is 1.40. The first kappa shape index (κ1) is 18.9. The lowest BCUT2D eigenvalue weighted by Gasteiger charge is -2.33. The number of hydrogen-bond donors (Lipinski definition) is 1. The minimum absolute atomic E-state index is 0.177. The summed E-state index contributed by atoms with van der Waals surface area (Å²) in [5.74, 6) is 0.194. The third-order valence-corrected chi connectivity index (χ3v) is 6.12. The van der Waals surface area contributed by atoms with Crippen molar-refractivity contribution < 1.29 is 13.2 Å². The van der Waals surface area contributed by atoms with Gasteiger partial charge in [0.1, 0.15) is 0 Å². The molecule has 1 aliphatic rings. The first-order valence-electron chi connectivity index (χ1n) is 8.45. The van der Waals surface area contributed by atoms with E-state index in [1.807, 2.05) is 13.8 Å². The van der Waals surface area contributed by atoms with Crippen molar-refractivity contribution in [2.45, 2.75) is 25.7 Å². The van der Waals surface area contributed by atoms with Gasteiger partial charge in [0.25, 0.3) is 5.91 Å². The molecular weight excluding hydrogens is 326 g/mol. The van der Waals surface area contributed by atoms with E-state index >= 15 is 0 Å². The number of amides is 1. The molecule has 1 aliphatic heterocycles. The summed E-state index contributed by atoms with van der Waals surface area (Å²) >= 11 is 0. The molecule has 6 nitrogen and oxygen atoms in total. The van der Waals surface area contributed by atoms with Crippen molar-refractivity contribution in [3.63, 3.8) is 0 Å². The van der Waals surface area contributed by atoms with E-state index in [1.54, 1.807) is 12.1 Å². The van der Waals surface area contributed by atoms with Crippen molar-refractivity contribution in [1.82, 2.24) is 14.5 Å². The van der Waals surface area contributed by atoms with Gasteiger partial charge in [-0.1, -0.05) is 20.8 Å². The first-order chi connectivity index (χ1) is 11.3. The van der Waals surface area contributed by atoms with Gasteiger partial charge in [0, 0.05) is 38.3 Å². The van der Waals surface area contributed by atoms with E-state index in [0.717, 1.165) is 19.6 Å². The van der Waals surface area contributed by atoms with Gasteiger partial charge in [-0.2, -0.15) is 4.31 Å². The van der Waals surface area contributed by atoms with Crippen LogP contribution in [0.3, 0.4) is 0 Å². The van der Waals surface area contributed by atoms with Crippen LogP contribution in [-0.2, 0) is 10.0 Å². The Morgan fingerprint density at radius 2 is 1.71 bits per heavy atom. The molecule has 1 heterocycles. The topological polar surface area (TPSA) is 69.7 Å². The molecule has 0 spiro atoms. The lowest BCUT2D eigenvalue weighted by Crippen LogP contribution is -2.48. The maximum Gasteiger partial charge on any atom is 0.251 e. The average molecular weight is 353 g/mol. The number of carbonyl (C=O) groups is 1. The second-order valence-electron chi connectivity index (χ2n) is 6.47. The smallest absolute Gasteiger partial charge is 0.251 e. The van der Waals surface area contributed by atoms with Crippen LogP contribution in [0.25, 0.3) is 0 Å². The van der Waals surface area contributed by atoms with Crippen molar-refractivity contribution in [2.24, 2.45) is 5.92 Å². The SMILES string of the molecule is CCN1CCN(S(=O)(=O)c2ccc(C(=O)NCC(C)C)cc2)CC1. The van der Waals surface area contributed by atoms with Crippen LogP contribution in [-0.4, -0.2) is 62.8 Å². The van der Waals surface area contributed by atoms with Crippen LogP contribution in [0.4, 0.5) is 0 Å². The van der Waals surface area contributed by atoms with Gasteiger partial charge in [0.15, 0.2) is 0 Å². The van der Waals surface area contributed by atoms with Crippen molar-refractivity contribution in [3.05, 3.63) is 29.8 Å². The largest absolute Gasteiger partial charge is 0.352 e. The molecule has 1 aromatic carbocycles. The summed E-state index contributed by atoms with van der Waals surface area (Å²) in [7, 11) is -3.49. The fourth-order valence-corrected chi connectivity index (χ4v) is 4.03. The van der Waals surface area contributed by atoms with E-state index < -0.39 is 10.0 Å². The van der Waals surface area contributed by atoms with Crippen LogP contribution in [0, 0.1) is 5.92 Å². The summed E-state index contributed by atoms with van der Waals surface area (Å²) in [4.78, 5) is 14.5. The fourth-order valence-electron chi connectivity index (χ4n) is 2.61. The number of benzene rings is 1. The van der Waals surface area contributed by atoms with Crippen LogP contribution in [0.5, 0.6) is 0 Å². The molecule has 1 amide bonds. The second kappa shape index (κ2) is 8.09. The lowest BCUT2D eigenvalue weighted by atomic mass is 10.2. The molecule has 0 bridgehead atoms. The summed E-state index contributed by atoms with van der Waals surface area (Å²) < 4.78 is 26.9. The maximum absolute atomic E-state index is 12.7. The van der Waals surface area contributed by atoms with Crippen molar-refractivity contribution in [2.75, 3.05) is 39.3 Å². The molecule has 1 saturated heterocycles. The van der Waals surface area contributed by atoms with E-state index in [9.17, 15) is 13.2 Å². The molecule has 2 rings (SSSR count). The van der Waals surface area contributed by atoms with Gasteiger partial charge in [-0.15, -0.1) is 0 Å². The minimum Gasteiger partial charge on any atom is -0.352 e. The highest BCUT2D eigenvalue weighted by Crippen LogP contribution is 2.18. The molecule has 0 radical (unpaired) electrons. The Labute approximate surface area is 144 Å². The monoisotopic (exact) mass is 353 g/mol. The van der Waals surface area contributed by atoms with Gasteiger partial charge >= 0.3 is 0 Å². The molecule has 0 atom stereocenters. The number of piperazine rings is 1.